The molecule has 232 valence electrons. The summed E-state index contributed by atoms with van der Waals surface area (Å²) in [4.78, 5) is 30.0. The van der Waals surface area contributed by atoms with Crippen LogP contribution in [-0.2, 0) is 35.4 Å². The number of thiazole rings is 1. The molecule has 20 heteroatoms. The van der Waals surface area contributed by atoms with E-state index in [0.717, 1.165) is 11.8 Å². The fourth-order valence-electron chi connectivity index (χ4n) is 2.65. The highest BCUT2D eigenvalue weighted by Crippen LogP contribution is 2.17. The zero-order valence-corrected chi connectivity index (χ0v) is 25.8. The molecule has 0 atom stereocenters. The summed E-state index contributed by atoms with van der Waals surface area (Å²) in [5, 5.41) is 22.6. The number of hydrogen-bond acceptors (Lipinski definition) is 11. The topological polar surface area (TPSA) is 273 Å². The number of sulfonamides is 2. The smallest absolute Gasteiger partial charge is 0.328 e. The highest BCUT2D eigenvalue weighted by Gasteiger charge is 2.20. The summed E-state index contributed by atoms with van der Waals surface area (Å²) in [5.41, 5.74) is 11.6. The van der Waals surface area contributed by atoms with Crippen molar-refractivity contribution in [2.24, 2.45) is 16.5 Å². The van der Waals surface area contributed by atoms with Crippen LogP contribution in [0.3, 0.4) is 0 Å². The average Bonchev–Trinajstić information content (AvgIpc) is 3.34. The summed E-state index contributed by atoms with van der Waals surface area (Å²) >= 11 is 2.97. The molecule has 0 amide bonds. The summed E-state index contributed by atoms with van der Waals surface area (Å²) in [5.74, 6) is -1.38. The van der Waals surface area contributed by atoms with E-state index in [1.54, 1.807) is 18.7 Å². The second-order valence-corrected chi connectivity index (χ2v) is 13.0. The maximum atomic E-state index is 12.8. The number of nitrogens with one attached hydrogen (secondary N) is 4. The summed E-state index contributed by atoms with van der Waals surface area (Å²) in [6.07, 6.45) is 0.942. The van der Waals surface area contributed by atoms with Crippen molar-refractivity contribution in [1.29, 1.82) is 0 Å². The predicted octanol–water partition coefficient (Wildman–Crippen LogP) is -3.02. The van der Waals surface area contributed by atoms with Crippen molar-refractivity contribution in [3.8, 4) is 0 Å². The third kappa shape index (κ3) is 14.3. The summed E-state index contributed by atoms with van der Waals surface area (Å²) in [6, 6.07) is 5.13. The number of aliphatic imine (C=N–C) groups is 1. The molecule has 2 rings (SSSR count). The molecule has 0 fully saturated rings. The molecular weight excluding hydrogens is 633 g/mol. The van der Waals surface area contributed by atoms with Crippen LogP contribution in [0.1, 0.15) is 19.5 Å². The van der Waals surface area contributed by atoms with Gasteiger partial charge in [0.1, 0.15) is 5.69 Å². The van der Waals surface area contributed by atoms with Gasteiger partial charge in [0.05, 0.1) is 22.3 Å². The van der Waals surface area contributed by atoms with Gasteiger partial charge in [-0.3, -0.25) is 4.99 Å². The number of carboxylic acid groups (broad SMARTS) is 2. The predicted molar refractivity (Wildman–Crippen MR) is 158 cm³/mol. The third-order valence-electron chi connectivity index (χ3n) is 4.26. The van der Waals surface area contributed by atoms with Gasteiger partial charge in [-0.25, -0.2) is 36.1 Å². The average molecular weight is 665 g/mol. The molecule has 1 aromatic carbocycles. The van der Waals surface area contributed by atoms with Crippen LogP contribution in [0.5, 0.6) is 0 Å². The van der Waals surface area contributed by atoms with Crippen LogP contribution < -0.4 is 36.3 Å². The quantitative estimate of drug-likeness (QED) is 0.0459. The minimum absolute atomic E-state index is 0.0762. The van der Waals surface area contributed by atoms with Gasteiger partial charge in [0.2, 0.25) is 16.0 Å². The Kier molecular flexibility index (Phi) is 15.5. The van der Waals surface area contributed by atoms with Gasteiger partial charge in [0.25, 0.3) is 15.2 Å². The molecule has 16 nitrogen and oxygen atoms in total. The molecule has 1 heterocycles. The lowest BCUT2D eigenvalue weighted by molar-refractivity contribution is -0.355. The Morgan fingerprint density at radius 1 is 1.14 bits per heavy atom. The van der Waals surface area contributed by atoms with E-state index in [4.69, 9.17) is 16.6 Å². The third-order valence-corrected chi connectivity index (χ3v) is 8.91. The van der Waals surface area contributed by atoms with E-state index in [0.29, 0.717) is 41.9 Å². The van der Waals surface area contributed by atoms with Crippen molar-refractivity contribution in [2.75, 3.05) is 25.4 Å². The zero-order valence-electron chi connectivity index (χ0n) is 22.6. The van der Waals surface area contributed by atoms with Crippen molar-refractivity contribution in [3.63, 3.8) is 0 Å². The lowest BCUT2D eigenvalue weighted by Gasteiger charge is -2.13. The fourth-order valence-corrected chi connectivity index (χ4v) is 6.42. The number of aliphatic carboxylic acids is 2. The first-order valence-corrected chi connectivity index (χ1v) is 16.9. The van der Waals surface area contributed by atoms with Crippen molar-refractivity contribution >= 4 is 72.1 Å². The first-order valence-electron chi connectivity index (χ1n) is 11.9. The van der Waals surface area contributed by atoms with Gasteiger partial charge >= 0.3 is 11.9 Å². The van der Waals surface area contributed by atoms with E-state index in [1.807, 2.05) is 12.3 Å². The number of nitrogens with two attached hydrogens (primary N) is 2. The minimum atomic E-state index is -4.05. The highest BCUT2D eigenvalue weighted by atomic mass is 32.2. The van der Waals surface area contributed by atoms with Crippen LogP contribution in [0.25, 0.3) is 0 Å². The summed E-state index contributed by atoms with van der Waals surface area (Å²) in [6.45, 7) is 4.43. The van der Waals surface area contributed by atoms with E-state index in [1.165, 1.54) is 29.5 Å². The standard InChI is InChI=1S/C18H28N8O4S4.C4H4O4/c1-3-21-17(22-8-9-31-11-13-12-32-18(24-13)25-16(19)20)26-34(29,30)15-7-5-6-14(10-15)33(27,28)23-4-2;5-3(6)1-2-4(7)8/h5-7,10,12,23H,3-4,8-9,11H2,1-2H3,(H2,21,22,26)(H4,19,20,24,25);1-2H,(H,5,6)(H,7,8)/b;2-1+. The fraction of sp³-hybridized carbons (Fsp3) is 0.318. The normalized spacial score (nSPS) is 11.8. The Hall–Kier alpha value is -3.72. The van der Waals surface area contributed by atoms with Gasteiger partial charge < -0.3 is 31.8 Å². The first kappa shape index (κ1) is 36.3. The Morgan fingerprint density at radius 3 is 2.36 bits per heavy atom. The molecule has 0 saturated carbocycles. The molecule has 0 saturated heterocycles. The maximum absolute atomic E-state index is 12.8. The molecule has 0 aliphatic carbocycles. The largest absolute Gasteiger partial charge is 0.545 e. The molecule has 0 aliphatic rings. The van der Waals surface area contributed by atoms with Gasteiger partial charge in [0.15, 0.2) is 0 Å². The Bertz CT molecular complexity index is 1490. The number of rotatable bonds is 14. The highest BCUT2D eigenvalue weighted by molar-refractivity contribution is 7.98. The van der Waals surface area contributed by atoms with Gasteiger partial charge in [-0.1, -0.05) is 24.3 Å². The summed E-state index contributed by atoms with van der Waals surface area (Å²) < 4.78 is 54.8. The van der Waals surface area contributed by atoms with Crippen LogP contribution in [-0.4, -0.2) is 76.2 Å². The lowest BCUT2D eigenvalue weighted by atomic mass is 10.4. The molecule has 0 aliphatic heterocycles. The van der Waals surface area contributed by atoms with Gasteiger partial charge in [-0.2, -0.15) is 11.8 Å². The van der Waals surface area contributed by atoms with E-state index in [9.17, 15) is 31.5 Å². The Morgan fingerprint density at radius 2 is 1.81 bits per heavy atom. The molecule has 0 spiro atoms. The van der Waals surface area contributed by atoms with Crippen molar-refractivity contribution < 1.29 is 41.6 Å². The van der Waals surface area contributed by atoms with E-state index in [-0.39, 0.29) is 28.3 Å². The number of carboxylic acids is 2. The van der Waals surface area contributed by atoms with Crippen molar-refractivity contribution in [2.45, 2.75) is 29.4 Å². The lowest BCUT2D eigenvalue weighted by Crippen LogP contribution is -2.72. The number of aromatic nitrogens is 1. The molecule has 1 aromatic heterocycles. The van der Waals surface area contributed by atoms with Crippen LogP contribution in [0, 0.1) is 0 Å². The molecule has 2 aromatic rings. The Labute approximate surface area is 251 Å². The van der Waals surface area contributed by atoms with Crippen LogP contribution in [0.2, 0.25) is 0 Å². The summed E-state index contributed by atoms with van der Waals surface area (Å²) in [7, 11) is -7.85. The first-order chi connectivity index (χ1) is 19.7. The number of benzene rings is 1. The van der Waals surface area contributed by atoms with Gasteiger partial charge in [-0.05, 0) is 31.2 Å². The van der Waals surface area contributed by atoms with E-state index in [2.05, 4.69) is 29.7 Å². The number of guanidine groups is 2. The molecule has 42 heavy (non-hydrogen) atoms. The Balaban J connectivity index is 0.000000962. The number of carbonyl (C=O) groups excluding carboxylic acids is 1. The molecule has 0 unspecified atom stereocenters. The SMILES string of the molecule is CCNC(=NCCSCc1csc([NH+]=C(N)N)n1)NS(=O)(=O)c1cccc(S(=O)(=O)NCC)c1.O=C([O-])/C=C/C(=O)O. The second kappa shape index (κ2) is 18.0. The number of carbonyl (C=O) groups is 2. The number of thioether (sulfide) groups is 1. The number of hydrogen-bond donors (Lipinski definition) is 7. The van der Waals surface area contributed by atoms with Crippen molar-refractivity contribution in [1.82, 2.24) is 19.7 Å². The zero-order chi connectivity index (χ0) is 31.8. The van der Waals surface area contributed by atoms with Gasteiger partial charge in [0, 0.05) is 36.1 Å². The van der Waals surface area contributed by atoms with Crippen LogP contribution >= 0.6 is 23.1 Å². The molecule has 9 N–H and O–H groups in total. The maximum Gasteiger partial charge on any atom is 0.328 e. The molecule has 0 bridgehead atoms. The van der Waals surface area contributed by atoms with E-state index < -0.39 is 32.0 Å². The number of nitrogens with zero attached hydrogens (tertiary/aromatic N) is 2. The monoisotopic (exact) mass is 664 g/mol. The van der Waals surface area contributed by atoms with Crippen molar-refractivity contribution in [3.05, 3.63) is 47.5 Å². The van der Waals surface area contributed by atoms with Crippen LogP contribution in [0.4, 0.5) is 5.13 Å². The molecule has 0 radical (unpaired) electrons. The van der Waals surface area contributed by atoms with E-state index >= 15 is 0 Å². The van der Waals surface area contributed by atoms with Gasteiger partial charge in [-0.15, -0.1) is 4.98 Å². The van der Waals surface area contributed by atoms with Crippen LogP contribution in [0.15, 0.2) is 56.6 Å². The minimum Gasteiger partial charge on any atom is -0.545 e. The second-order valence-electron chi connectivity index (χ2n) is 7.61. The molecular formula is C22H32N8O8S4.